The van der Waals surface area contributed by atoms with Crippen molar-refractivity contribution < 1.29 is 13.2 Å². The normalized spacial score (nSPS) is 17.8. The lowest BCUT2D eigenvalue weighted by molar-refractivity contribution is -0.138. The van der Waals surface area contributed by atoms with E-state index in [4.69, 9.17) is 5.73 Å². The first-order valence-electron chi connectivity index (χ1n) is 6.00. The Hall–Kier alpha value is -0.550. The van der Waals surface area contributed by atoms with Gasteiger partial charge in [0.25, 0.3) is 0 Å². The zero-order valence-corrected chi connectivity index (χ0v) is 11.4. The van der Waals surface area contributed by atoms with E-state index in [0.29, 0.717) is 16.8 Å². The van der Waals surface area contributed by atoms with Crippen molar-refractivity contribution in [2.75, 3.05) is 0 Å². The lowest BCUT2D eigenvalue weighted by Gasteiger charge is -2.18. The van der Waals surface area contributed by atoms with E-state index in [1.807, 2.05) is 0 Å². The van der Waals surface area contributed by atoms with Crippen molar-refractivity contribution in [2.45, 2.75) is 37.9 Å². The van der Waals surface area contributed by atoms with Crippen molar-refractivity contribution >= 4 is 15.9 Å². The Morgan fingerprint density at radius 1 is 1.33 bits per heavy atom. The van der Waals surface area contributed by atoms with Crippen molar-refractivity contribution in [3.63, 3.8) is 0 Å². The van der Waals surface area contributed by atoms with Gasteiger partial charge in [0.2, 0.25) is 0 Å². The van der Waals surface area contributed by atoms with Crippen LogP contribution in [0.3, 0.4) is 0 Å². The van der Waals surface area contributed by atoms with Crippen LogP contribution in [0, 0.1) is 5.92 Å². The SMILES string of the molecule is NC(CCC1CC1)c1ccc(Br)cc1C(F)(F)F. The summed E-state index contributed by atoms with van der Waals surface area (Å²) in [7, 11) is 0. The monoisotopic (exact) mass is 321 g/mol. The zero-order chi connectivity index (χ0) is 13.3. The van der Waals surface area contributed by atoms with E-state index in [1.54, 1.807) is 6.07 Å². The van der Waals surface area contributed by atoms with Crippen LogP contribution in [-0.4, -0.2) is 0 Å². The molecule has 1 nitrogen and oxygen atoms in total. The molecule has 1 atom stereocenters. The summed E-state index contributed by atoms with van der Waals surface area (Å²) in [6, 6.07) is 3.66. The van der Waals surface area contributed by atoms with Gasteiger partial charge in [0.1, 0.15) is 0 Å². The lowest BCUT2D eigenvalue weighted by Crippen LogP contribution is -2.17. The Morgan fingerprint density at radius 2 is 2.00 bits per heavy atom. The maximum atomic E-state index is 12.9. The predicted molar refractivity (Wildman–Crippen MR) is 68.0 cm³/mol. The van der Waals surface area contributed by atoms with Crippen molar-refractivity contribution in [2.24, 2.45) is 11.7 Å². The first-order chi connectivity index (χ1) is 8.38. The van der Waals surface area contributed by atoms with Gasteiger partial charge >= 0.3 is 6.18 Å². The van der Waals surface area contributed by atoms with Crippen LogP contribution in [0.5, 0.6) is 0 Å². The molecule has 1 saturated carbocycles. The molecule has 0 heterocycles. The van der Waals surface area contributed by atoms with Crippen molar-refractivity contribution in [1.29, 1.82) is 0 Å². The number of hydrogen-bond donors (Lipinski definition) is 1. The standard InChI is InChI=1S/C13H15BrF3N/c14-9-4-5-10(11(7-9)13(15,16)17)12(18)6-3-8-1-2-8/h4-5,7-8,12H,1-3,6,18H2. The van der Waals surface area contributed by atoms with Crippen molar-refractivity contribution in [3.8, 4) is 0 Å². The molecule has 1 aliphatic carbocycles. The van der Waals surface area contributed by atoms with Gasteiger partial charge in [-0.15, -0.1) is 0 Å². The molecule has 0 bridgehead atoms. The molecule has 0 aromatic heterocycles. The fraction of sp³-hybridized carbons (Fsp3) is 0.538. The highest BCUT2D eigenvalue weighted by Crippen LogP contribution is 2.39. The van der Waals surface area contributed by atoms with Crippen LogP contribution in [-0.2, 0) is 6.18 Å². The topological polar surface area (TPSA) is 26.0 Å². The van der Waals surface area contributed by atoms with Gasteiger partial charge in [-0.1, -0.05) is 34.8 Å². The Kier molecular flexibility index (Phi) is 4.02. The van der Waals surface area contributed by atoms with E-state index < -0.39 is 17.8 Å². The average Bonchev–Trinajstić information content (AvgIpc) is 3.08. The van der Waals surface area contributed by atoms with Gasteiger partial charge in [0.15, 0.2) is 0 Å². The van der Waals surface area contributed by atoms with Crippen LogP contribution in [0.15, 0.2) is 22.7 Å². The van der Waals surface area contributed by atoms with Crippen LogP contribution < -0.4 is 5.73 Å². The maximum Gasteiger partial charge on any atom is 0.416 e. The third-order valence-electron chi connectivity index (χ3n) is 3.30. The maximum absolute atomic E-state index is 12.9. The van der Waals surface area contributed by atoms with Crippen LogP contribution in [0.25, 0.3) is 0 Å². The molecule has 0 saturated heterocycles. The second-order valence-corrected chi connectivity index (χ2v) is 5.77. The minimum atomic E-state index is -4.35. The summed E-state index contributed by atoms with van der Waals surface area (Å²) in [5.74, 6) is 0.681. The van der Waals surface area contributed by atoms with Gasteiger partial charge < -0.3 is 5.73 Å². The van der Waals surface area contributed by atoms with Crippen LogP contribution in [0.2, 0.25) is 0 Å². The predicted octanol–water partition coefficient (Wildman–Crippen LogP) is 4.66. The molecule has 1 aromatic carbocycles. The molecule has 0 radical (unpaired) electrons. The summed E-state index contributed by atoms with van der Waals surface area (Å²) in [5.41, 5.74) is 5.48. The van der Waals surface area contributed by atoms with Crippen LogP contribution in [0.1, 0.15) is 42.9 Å². The number of benzene rings is 1. The number of nitrogens with two attached hydrogens (primary N) is 1. The molecule has 1 unspecified atom stereocenters. The Morgan fingerprint density at radius 3 is 2.56 bits per heavy atom. The fourth-order valence-electron chi connectivity index (χ4n) is 2.07. The van der Waals surface area contributed by atoms with Gasteiger partial charge in [-0.25, -0.2) is 0 Å². The smallest absolute Gasteiger partial charge is 0.324 e. The molecule has 0 spiro atoms. The molecule has 1 aliphatic rings. The molecule has 0 amide bonds. The van der Waals surface area contributed by atoms with E-state index in [-0.39, 0.29) is 5.56 Å². The molecule has 100 valence electrons. The average molecular weight is 322 g/mol. The van der Waals surface area contributed by atoms with Crippen LogP contribution >= 0.6 is 15.9 Å². The largest absolute Gasteiger partial charge is 0.416 e. The van der Waals surface area contributed by atoms with E-state index in [2.05, 4.69) is 15.9 Å². The van der Waals surface area contributed by atoms with Crippen molar-refractivity contribution in [1.82, 2.24) is 0 Å². The molecule has 5 heteroatoms. The summed E-state index contributed by atoms with van der Waals surface area (Å²) in [4.78, 5) is 0. The van der Waals surface area contributed by atoms with Gasteiger partial charge in [-0.2, -0.15) is 13.2 Å². The Bertz CT molecular complexity index is 427. The minimum Gasteiger partial charge on any atom is -0.324 e. The quantitative estimate of drug-likeness (QED) is 0.857. The molecule has 0 aliphatic heterocycles. The Labute approximate surface area is 113 Å². The van der Waals surface area contributed by atoms with E-state index in [1.165, 1.54) is 18.9 Å². The highest BCUT2D eigenvalue weighted by atomic mass is 79.9. The van der Waals surface area contributed by atoms with E-state index in [9.17, 15) is 13.2 Å². The second-order valence-electron chi connectivity index (χ2n) is 4.86. The first kappa shape index (κ1) is 13.9. The third-order valence-corrected chi connectivity index (χ3v) is 3.80. The minimum absolute atomic E-state index is 0.200. The highest BCUT2D eigenvalue weighted by molar-refractivity contribution is 9.10. The first-order valence-corrected chi connectivity index (χ1v) is 6.79. The van der Waals surface area contributed by atoms with E-state index in [0.717, 1.165) is 12.5 Å². The summed E-state index contributed by atoms with van der Waals surface area (Å²) in [6.07, 6.45) is -0.418. The van der Waals surface area contributed by atoms with Gasteiger partial charge in [0, 0.05) is 10.5 Å². The van der Waals surface area contributed by atoms with E-state index >= 15 is 0 Å². The molecule has 1 aromatic rings. The number of hydrogen-bond acceptors (Lipinski definition) is 1. The molecular weight excluding hydrogens is 307 g/mol. The zero-order valence-electron chi connectivity index (χ0n) is 9.80. The molecule has 1 fully saturated rings. The summed E-state index contributed by atoms with van der Waals surface area (Å²) in [6.45, 7) is 0. The number of rotatable bonds is 4. The summed E-state index contributed by atoms with van der Waals surface area (Å²) < 4.78 is 39.2. The molecular formula is C13H15BrF3N. The summed E-state index contributed by atoms with van der Waals surface area (Å²) in [5, 5.41) is 0. The van der Waals surface area contributed by atoms with Crippen LogP contribution in [0.4, 0.5) is 13.2 Å². The van der Waals surface area contributed by atoms with Crippen molar-refractivity contribution in [3.05, 3.63) is 33.8 Å². The fourth-order valence-corrected chi connectivity index (χ4v) is 2.44. The third kappa shape index (κ3) is 3.48. The number of halogens is 4. The highest BCUT2D eigenvalue weighted by Gasteiger charge is 2.35. The number of alkyl halides is 3. The second kappa shape index (κ2) is 5.21. The molecule has 18 heavy (non-hydrogen) atoms. The molecule has 2 rings (SSSR count). The molecule has 2 N–H and O–H groups in total. The Balaban J connectivity index is 2.19. The van der Waals surface area contributed by atoms with Gasteiger partial charge in [0.05, 0.1) is 5.56 Å². The van der Waals surface area contributed by atoms with Gasteiger partial charge in [-0.3, -0.25) is 0 Å². The lowest BCUT2D eigenvalue weighted by atomic mass is 9.96. The summed E-state index contributed by atoms with van der Waals surface area (Å²) >= 11 is 3.07. The van der Waals surface area contributed by atoms with Gasteiger partial charge in [-0.05, 0) is 36.5 Å².